The number of rotatable bonds is 4. The number of anilines is 1. The van der Waals surface area contributed by atoms with E-state index in [2.05, 4.69) is 0 Å². The maximum absolute atomic E-state index is 12.9. The lowest BCUT2D eigenvalue weighted by molar-refractivity contribution is -0.118. The molecule has 27 heavy (non-hydrogen) atoms. The van der Waals surface area contributed by atoms with E-state index in [1.54, 1.807) is 13.0 Å². The van der Waals surface area contributed by atoms with Crippen LogP contribution in [0.4, 0.5) is 5.69 Å². The minimum absolute atomic E-state index is 0.0448. The van der Waals surface area contributed by atoms with Gasteiger partial charge in [-0.05, 0) is 54.8 Å². The van der Waals surface area contributed by atoms with Gasteiger partial charge in [0.2, 0.25) is 0 Å². The summed E-state index contributed by atoms with van der Waals surface area (Å²) in [6.45, 7) is 5.50. The number of phenols is 1. The zero-order valence-electron chi connectivity index (χ0n) is 15.3. The lowest BCUT2D eigenvalue weighted by Crippen LogP contribution is -2.31. The van der Waals surface area contributed by atoms with Crippen LogP contribution in [-0.4, -0.2) is 21.9 Å². The van der Waals surface area contributed by atoms with Crippen LogP contribution in [0.15, 0.2) is 47.7 Å². The summed E-state index contributed by atoms with van der Waals surface area (Å²) in [5.41, 5.74) is 3.07. The highest BCUT2D eigenvalue weighted by molar-refractivity contribution is 6.32. The molecule has 1 unspecified atom stereocenters. The number of ketones is 1. The Morgan fingerprint density at radius 3 is 2.30 bits per heavy atom. The molecule has 2 N–H and O–H groups in total. The standard InChI is InChI=1S/C21H20ClNO4/c1-4-16(24)18-19(13-5-6-17(25)15(22)10-13)23(21(27)20(18)26)14-8-11(2)7-12(3)9-14/h5-10,19,25-26H,4H2,1-3H3. The molecule has 3 rings (SSSR count). The van der Waals surface area contributed by atoms with E-state index in [0.29, 0.717) is 11.3 Å². The van der Waals surface area contributed by atoms with Crippen LogP contribution in [0.1, 0.15) is 36.1 Å². The minimum atomic E-state index is -0.816. The molecule has 2 aromatic rings. The van der Waals surface area contributed by atoms with Crippen molar-refractivity contribution < 1.29 is 19.8 Å². The summed E-state index contributed by atoms with van der Waals surface area (Å²) in [4.78, 5) is 26.8. The Hall–Kier alpha value is -2.79. The Kier molecular flexibility index (Phi) is 4.98. The van der Waals surface area contributed by atoms with Crippen molar-refractivity contribution in [2.45, 2.75) is 33.2 Å². The minimum Gasteiger partial charge on any atom is -0.506 e. The molecule has 0 spiro atoms. The number of hydrogen-bond acceptors (Lipinski definition) is 4. The fourth-order valence-corrected chi connectivity index (χ4v) is 3.63. The number of carbonyl (C=O) groups is 2. The lowest BCUT2D eigenvalue weighted by atomic mass is 9.94. The number of aryl methyl sites for hydroxylation is 2. The van der Waals surface area contributed by atoms with E-state index < -0.39 is 17.7 Å². The van der Waals surface area contributed by atoms with Crippen molar-refractivity contribution in [2.75, 3.05) is 4.90 Å². The van der Waals surface area contributed by atoms with Gasteiger partial charge in [0.1, 0.15) is 5.75 Å². The van der Waals surface area contributed by atoms with Gasteiger partial charge >= 0.3 is 0 Å². The van der Waals surface area contributed by atoms with Crippen LogP contribution < -0.4 is 4.90 Å². The number of aliphatic hydroxyl groups is 1. The van der Waals surface area contributed by atoms with E-state index in [1.165, 1.54) is 17.0 Å². The van der Waals surface area contributed by atoms with Gasteiger partial charge in [0.15, 0.2) is 11.5 Å². The number of amides is 1. The van der Waals surface area contributed by atoms with Crippen LogP contribution in [0.25, 0.3) is 0 Å². The average molecular weight is 386 g/mol. The van der Waals surface area contributed by atoms with Crippen LogP contribution in [0.2, 0.25) is 5.02 Å². The zero-order chi connectivity index (χ0) is 19.9. The fourth-order valence-electron chi connectivity index (χ4n) is 3.45. The van der Waals surface area contributed by atoms with Gasteiger partial charge < -0.3 is 10.2 Å². The van der Waals surface area contributed by atoms with Crippen molar-refractivity contribution in [1.29, 1.82) is 0 Å². The SMILES string of the molecule is CCC(=O)C1=C(O)C(=O)N(c2cc(C)cc(C)c2)C1c1ccc(O)c(Cl)c1. The summed E-state index contributed by atoms with van der Waals surface area (Å²) >= 11 is 6.05. The Morgan fingerprint density at radius 2 is 1.74 bits per heavy atom. The van der Waals surface area contributed by atoms with E-state index in [9.17, 15) is 19.8 Å². The third-order valence-electron chi connectivity index (χ3n) is 4.60. The van der Waals surface area contributed by atoms with Crippen LogP contribution >= 0.6 is 11.6 Å². The number of nitrogens with zero attached hydrogens (tertiary/aromatic N) is 1. The molecule has 0 aliphatic carbocycles. The molecule has 0 fully saturated rings. The molecule has 0 radical (unpaired) electrons. The Bertz CT molecular complexity index is 960. The Balaban J connectivity index is 2.23. The van der Waals surface area contributed by atoms with Crippen molar-refractivity contribution in [3.63, 3.8) is 0 Å². The van der Waals surface area contributed by atoms with Gasteiger partial charge in [-0.2, -0.15) is 0 Å². The third-order valence-corrected chi connectivity index (χ3v) is 4.90. The van der Waals surface area contributed by atoms with Crippen LogP contribution in [0.3, 0.4) is 0 Å². The zero-order valence-corrected chi connectivity index (χ0v) is 16.0. The van der Waals surface area contributed by atoms with E-state index in [-0.39, 0.29) is 28.5 Å². The second kappa shape index (κ2) is 7.08. The van der Waals surface area contributed by atoms with Gasteiger partial charge in [-0.3, -0.25) is 14.5 Å². The predicted octanol–water partition coefficient (Wildman–Crippen LogP) is 4.54. The summed E-state index contributed by atoms with van der Waals surface area (Å²) < 4.78 is 0. The van der Waals surface area contributed by atoms with E-state index in [0.717, 1.165) is 11.1 Å². The number of benzene rings is 2. The normalized spacial score (nSPS) is 17.0. The number of aromatic hydroxyl groups is 1. The molecule has 1 aliphatic heterocycles. The molecule has 6 heteroatoms. The highest BCUT2D eigenvalue weighted by Crippen LogP contribution is 2.43. The van der Waals surface area contributed by atoms with Crippen LogP contribution in [0, 0.1) is 13.8 Å². The molecule has 5 nitrogen and oxygen atoms in total. The molecule has 0 saturated heterocycles. The molecule has 0 aromatic heterocycles. The number of Topliss-reactive ketones (excluding diaryl/α,β-unsaturated/α-hetero) is 1. The first kappa shape index (κ1) is 19.0. The van der Waals surface area contributed by atoms with Gasteiger partial charge in [0, 0.05) is 12.1 Å². The number of phenolic OH excluding ortho intramolecular Hbond substituents is 1. The largest absolute Gasteiger partial charge is 0.506 e. The summed E-state index contributed by atoms with van der Waals surface area (Å²) in [6, 6.07) is 9.32. The number of carbonyl (C=O) groups excluding carboxylic acids is 2. The third kappa shape index (κ3) is 3.30. The summed E-state index contributed by atoms with van der Waals surface area (Å²) in [5, 5.41) is 20.3. The monoisotopic (exact) mass is 385 g/mol. The highest BCUT2D eigenvalue weighted by atomic mass is 35.5. The summed E-state index contributed by atoms with van der Waals surface area (Å²) in [5.74, 6) is -1.60. The molecule has 0 bridgehead atoms. The Morgan fingerprint density at radius 1 is 1.11 bits per heavy atom. The van der Waals surface area contributed by atoms with E-state index in [1.807, 2.05) is 32.0 Å². The van der Waals surface area contributed by atoms with Gasteiger partial charge in [0.05, 0.1) is 16.6 Å². The second-order valence-electron chi connectivity index (χ2n) is 6.67. The first-order valence-corrected chi connectivity index (χ1v) is 8.99. The molecule has 2 aromatic carbocycles. The van der Waals surface area contributed by atoms with E-state index in [4.69, 9.17) is 11.6 Å². The first-order chi connectivity index (χ1) is 12.7. The number of halogens is 1. The topological polar surface area (TPSA) is 77.8 Å². The van der Waals surface area contributed by atoms with Crippen molar-refractivity contribution in [3.8, 4) is 5.75 Å². The molecule has 1 aliphatic rings. The van der Waals surface area contributed by atoms with Gasteiger partial charge in [0.25, 0.3) is 5.91 Å². The quantitative estimate of drug-likeness (QED) is 0.809. The van der Waals surface area contributed by atoms with Crippen molar-refractivity contribution in [1.82, 2.24) is 0 Å². The molecular formula is C21H20ClNO4. The molecule has 1 atom stereocenters. The van der Waals surface area contributed by atoms with Crippen LogP contribution in [-0.2, 0) is 9.59 Å². The van der Waals surface area contributed by atoms with Crippen molar-refractivity contribution in [3.05, 3.63) is 69.4 Å². The predicted molar refractivity (Wildman–Crippen MR) is 104 cm³/mol. The smallest absolute Gasteiger partial charge is 0.294 e. The second-order valence-corrected chi connectivity index (χ2v) is 7.08. The number of hydrogen-bond donors (Lipinski definition) is 2. The molecule has 140 valence electrons. The van der Waals surface area contributed by atoms with Crippen LogP contribution in [0.5, 0.6) is 5.75 Å². The van der Waals surface area contributed by atoms with Gasteiger partial charge in [-0.15, -0.1) is 0 Å². The van der Waals surface area contributed by atoms with Gasteiger partial charge in [-0.1, -0.05) is 30.7 Å². The molecule has 1 heterocycles. The maximum Gasteiger partial charge on any atom is 0.294 e. The average Bonchev–Trinajstić information content (AvgIpc) is 2.87. The van der Waals surface area contributed by atoms with Crippen molar-refractivity contribution >= 4 is 29.0 Å². The lowest BCUT2D eigenvalue weighted by Gasteiger charge is -2.27. The number of aliphatic hydroxyl groups excluding tert-OH is 1. The molecular weight excluding hydrogens is 366 g/mol. The highest BCUT2D eigenvalue weighted by Gasteiger charge is 2.44. The molecule has 1 amide bonds. The first-order valence-electron chi connectivity index (χ1n) is 8.61. The Labute approximate surface area is 162 Å². The van der Waals surface area contributed by atoms with Crippen molar-refractivity contribution in [2.24, 2.45) is 0 Å². The van der Waals surface area contributed by atoms with E-state index >= 15 is 0 Å². The fraction of sp³-hybridized carbons (Fsp3) is 0.238. The van der Waals surface area contributed by atoms with Gasteiger partial charge in [-0.25, -0.2) is 0 Å². The summed E-state index contributed by atoms with van der Waals surface area (Å²) in [7, 11) is 0. The maximum atomic E-state index is 12.9. The molecule has 0 saturated carbocycles. The summed E-state index contributed by atoms with van der Waals surface area (Å²) in [6.07, 6.45) is 0.148.